The molecule has 2 atom stereocenters. The average Bonchev–Trinajstić information content (AvgIpc) is 3.81. The summed E-state index contributed by atoms with van der Waals surface area (Å²) in [6.45, 7) is 14.6. The summed E-state index contributed by atoms with van der Waals surface area (Å²) in [6.07, 6.45) is 15.7. The Morgan fingerprint density at radius 2 is 0.913 bits per heavy atom. The van der Waals surface area contributed by atoms with Gasteiger partial charge in [0, 0.05) is 0 Å². The molecule has 0 aromatic heterocycles. The molecule has 3 aliphatic carbocycles. The van der Waals surface area contributed by atoms with Crippen LogP contribution in [-0.2, 0) is 18.0 Å². The summed E-state index contributed by atoms with van der Waals surface area (Å²) in [6, 6.07) is 33.5. The first kappa shape index (κ1) is 32.1. The van der Waals surface area contributed by atoms with Crippen molar-refractivity contribution in [1.82, 2.24) is 0 Å². The van der Waals surface area contributed by atoms with E-state index in [1.54, 1.807) is 11.1 Å². The molecule has 1 saturated carbocycles. The molecule has 0 radical (unpaired) electrons. The summed E-state index contributed by atoms with van der Waals surface area (Å²) in [4.78, 5) is 0. The Bertz CT molecular complexity index is 1810. The van der Waals surface area contributed by atoms with Gasteiger partial charge < -0.3 is 0 Å². The Kier molecular flexibility index (Phi) is 7.89. The number of benzene rings is 4. The van der Waals surface area contributed by atoms with Gasteiger partial charge in [-0.3, -0.25) is 0 Å². The first-order valence-corrected chi connectivity index (χ1v) is 37.8. The molecule has 3 aliphatic rings. The van der Waals surface area contributed by atoms with Crippen molar-refractivity contribution in [2.75, 3.05) is 0 Å². The third-order valence-electron chi connectivity index (χ3n) is 12.2. The van der Waals surface area contributed by atoms with Gasteiger partial charge in [-0.1, -0.05) is 0 Å². The van der Waals surface area contributed by atoms with Crippen molar-refractivity contribution in [3.63, 3.8) is 0 Å². The Balaban J connectivity index is 1.34. The standard InChI is InChI=1S/2C18H19Si.C5H8.2CH3.Hf/c2*1-19(2,3)16-12-10-15(11-13-16)18-9-5-7-14-6-4-8-17(14)18;1-2-4-5-3-1;;;/h2*4-13H,1-3H3;1-4H2;2*1H3;. The van der Waals surface area contributed by atoms with Gasteiger partial charge in [-0.25, -0.2) is 0 Å². The normalized spacial score (nSPS) is 19.5. The summed E-state index contributed by atoms with van der Waals surface area (Å²) in [5.41, 5.74) is 11.6. The minimum absolute atomic E-state index is 0.529. The van der Waals surface area contributed by atoms with Crippen molar-refractivity contribution < 1.29 is 18.0 Å². The SMILES string of the molecule is C[Si](C)(C)c1ccc(-c2cccc3c2C=C[CH]3[Hf]([CH3])([CH3])(=[C]2CCCC2)[CH]2C=Cc3c(-c4ccc([Si](C)(C)C)cc4)cccc32)cc1. The third-order valence-corrected chi connectivity index (χ3v) is 43.5. The van der Waals surface area contributed by atoms with Gasteiger partial charge in [0.1, 0.15) is 0 Å². The summed E-state index contributed by atoms with van der Waals surface area (Å²) < 4.78 is 8.72. The van der Waals surface area contributed by atoms with Gasteiger partial charge in [0.2, 0.25) is 0 Å². The van der Waals surface area contributed by atoms with E-state index in [1.165, 1.54) is 69.4 Å². The average molecular weight is 804 g/mol. The quantitative estimate of drug-likeness (QED) is 0.170. The van der Waals surface area contributed by atoms with Crippen LogP contribution in [0.5, 0.6) is 0 Å². The molecule has 0 spiro atoms. The second-order valence-corrected chi connectivity index (χ2v) is 53.3. The van der Waals surface area contributed by atoms with Crippen LogP contribution in [0.1, 0.15) is 55.3 Å². The molecule has 7 rings (SSSR count). The van der Waals surface area contributed by atoms with Crippen molar-refractivity contribution in [2.24, 2.45) is 0 Å². The number of hydrogen-bond donors (Lipinski definition) is 0. The molecule has 0 saturated heterocycles. The molecule has 3 heteroatoms. The Morgan fingerprint density at radius 3 is 1.28 bits per heavy atom. The van der Waals surface area contributed by atoms with E-state index in [9.17, 15) is 0 Å². The Labute approximate surface area is 281 Å². The fourth-order valence-electron chi connectivity index (χ4n) is 9.25. The summed E-state index contributed by atoms with van der Waals surface area (Å²) in [5, 5.41) is 3.06. The predicted molar refractivity (Wildman–Crippen MR) is 208 cm³/mol. The molecule has 0 N–H and O–H groups in total. The van der Waals surface area contributed by atoms with Crippen LogP contribution < -0.4 is 10.4 Å². The second kappa shape index (κ2) is 11.3. The summed E-state index contributed by atoms with van der Waals surface area (Å²) in [5.74, 6) is 0. The fourth-order valence-corrected chi connectivity index (χ4v) is 36.7. The third kappa shape index (κ3) is 5.20. The van der Waals surface area contributed by atoms with Gasteiger partial charge in [-0.15, -0.1) is 0 Å². The van der Waals surface area contributed by atoms with Gasteiger partial charge in [-0.2, -0.15) is 0 Å². The zero-order valence-electron chi connectivity index (χ0n) is 29.4. The maximum atomic E-state index is 2.84. The topological polar surface area (TPSA) is 0 Å². The number of allylic oxidation sites excluding steroid dienone is 2. The molecule has 4 aromatic rings. The van der Waals surface area contributed by atoms with E-state index in [0.717, 1.165) is 0 Å². The Morgan fingerprint density at radius 1 is 0.522 bits per heavy atom. The first-order valence-electron chi connectivity index (χ1n) is 17.7. The van der Waals surface area contributed by atoms with Gasteiger partial charge >= 0.3 is 283 Å². The zero-order chi connectivity index (χ0) is 32.5. The van der Waals surface area contributed by atoms with E-state index < -0.39 is 34.2 Å². The molecule has 4 aromatic carbocycles. The maximum absolute atomic E-state index is 3.93. The number of fused-ring (bicyclic) bond motifs is 2. The molecule has 236 valence electrons. The summed E-state index contributed by atoms with van der Waals surface area (Å²) in [7, 11) is -2.66. The van der Waals surface area contributed by atoms with Crippen molar-refractivity contribution in [3.05, 3.63) is 119 Å². The first-order chi connectivity index (χ1) is 21.8. The van der Waals surface area contributed by atoms with Gasteiger partial charge in [0.05, 0.1) is 0 Å². The molecule has 1 fully saturated rings. The molecule has 2 unspecified atom stereocenters. The van der Waals surface area contributed by atoms with E-state index in [0.29, 0.717) is 7.35 Å². The van der Waals surface area contributed by atoms with Crippen LogP contribution in [0.3, 0.4) is 0 Å². The van der Waals surface area contributed by atoms with Crippen molar-refractivity contribution >= 4 is 41.9 Å². The molecule has 0 heterocycles. The molecular formula is C43H52HfSi2. The molecule has 46 heavy (non-hydrogen) atoms. The van der Waals surface area contributed by atoms with E-state index in [2.05, 4.69) is 158 Å². The van der Waals surface area contributed by atoms with Crippen LogP contribution in [0.4, 0.5) is 0 Å². The van der Waals surface area contributed by atoms with Gasteiger partial charge in [0.25, 0.3) is 0 Å². The van der Waals surface area contributed by atoms with E-state index in [-0.39, 0.29) is 0 Å². The van der Waals surface area contributed by atoms with E-state index in [1.807, 2.05) is 3.26 Å². The molecule has 0 aliphatic heterocycles. The second-order valence-electron chi connectivity index (χ2n) is 17.4. The Hall–Kier alpha value is -2.47. The monoisotopic (exact) mass is 804 g/mol. The molecule has 0 amide bonds. The van der Waals surface area contributed by atoms with E-state index in [4.69, 9.17) is 0 Å². The van der Waals surface area contributed by atoms with Crippen molar-refractivity contribution in [1.29, 1.82) is 0 Å². The molecular weight excluding hydrogens is 751 g/mol. The molecule has 0 bridgehead atoms. The summed E-state index contributed by atoms with van der Waals surface area (Å²) >= 11 is -3.93. The predicted octanol–water partition coefficient (Wildman–Crippen LogP) is 11.5. The van der Waals surface area contributed by atoms with Crippen LogP contribution in [0, 0.1) is 0 Å². The van der Waals surface area contributed by atoms with Crippen LogP contribution in [0.15, 0.2) is 97.1 Å². The fraction of sp³-hybridized carbons (Fsp3) is 0.326. The van der Waals surface area contributed by atoms with Crippen LogP contribution in [-0.4, -0.2) is 19.4 Å². The number of rotatable bonds is 6. The van der Waals surface area contributed by atoms with Gasteiger partial charge in [0.15, 0.2) is 0 Å². The van der Waals surface area contributed by atoms with Crippen LogP contribution in [0.2, 0.25) is 48.6 Å². The zero-order valence-corrected chi connectivity index (χ0v) is 35.0. The van der Waals surface area contributed by atoms with Crippen molar-refractivity contribution in [2.45, 2.75) is 81.7 Å². The minimum atomic E-state index is -3.93. The van der Waals surface area contributed by atoms with Crippen molar-refractivity contribution in [3.8, 4) is 22.3 Å². The van der Waals surface area contributed by atoms with Crippen LogP contribution >= 0.6 is 0 Å². The van der Waals surface area contributed by atoms with Crippen LogP contribution in [0.25, 0.3) is 34.4 Å². The molecule has 0 nitrogen and oxygen atoms in total. The van der Waals surface area contributed by atoms with Gasteiger partial charge in [-0.05, 0) is 0 Å². The van der Waals surface area contributed by atoms with E-state index >= 15 is 0 Å². The number of hydrogen-bond acceptors (Lipinski definition) is 0.